The van der Waals surface area contributed by atoms with Gasteiger partial charge < -0.3 is 9.47 Å². The average Bonchev–Trinajstić information content (AvgIpc) is 2.85. The topological polar surface area (TPSA) is 34.6 Å². The Kier molecular flexibility index (Phi) is 6.17. The number of para-hydroxylation sites is 1. The zero-order valence-corrected chi connectivity index (χ0v) is 19.6. The van der Waals surface area contributed by atoms with Crippen LogP contribution in [0.15, 0.2) is 79.0 Å². The van der Waals surface area contributed by atoms with Gasteiger partial charge in [-0.25, -0.2) is 0 Å². The van der Waals surface area contributed by atoms with E-state index in [4.69, 9.17) is 9.47 Å². The molecule has 0 amide bonds. The summed E-state index contributed by atoms with van der Waals surface area (Å²) in [7, 11) is 0. The van der Waals surface area contributed by atoms with Crippen LogP contribution in [0.2, 0.25) is 0 Å². The highest BCUT2D eigenvalue weighted by molar-refractivity contribution is 5.81. The molecule has 3 atom stereocenters. The van der Waals surface area contributed by atoms with Crippen LogP contribution in [0.3, 0.4) is 0 Å². The molecule has 2 unspecified atom stereocenters. The Balaban J connectivity index is 1.11. The molecule has 4 heteroatoms. The summed E-state index contributed by atoms with van der Waals surface area (Å²) in [6, 6.07) is 16.9. The standard InChI is InChI=1S/C30H32N2O2/c1-2-6-24(23(5-1)17-28-13-16-33-28)19-32-15-12-22-9-10-27(18-26(22)20-32)34-21-25-11-14-31-30-8-4-3-7-29(25)30/h1-11,14,18,23-24,28H,12-13,15-17,19-21H2/t23-,24?,28?/m1/s1. The average molecular weight is 453 g/mol. The minimum atomic E-state index is 0.461. The van der Waals surface area contributed by atoms with E-state index in [2.05, 4.69) is 70.6 Å². The van der Waals surface area contributed by atoms with E-state index in [1.807, 2.05) is 18.3 Å². The zero-order valence-electron chi connectivity index (χ0n) is 19.6. The Hall–Kier alpha value is -2.95. The van der Waals surface area contributed by atoms with E-state index in [1.165, 1.54) is 23.1 Å². The molecular formula is C30H32N2O2. The number of nitrogens with zero attached hydrogens (tertiary/aromatic N) is 2. The van der Waals surface area contributed by atoms with Crippen molar-refractivity contribution in [1.82, 2.24) is 9.88 Å². The third-order valence-corrected chi connectivity index (χ3v) is 7.58. The van der Waals surface area contributed by atoms with Crippen molar-refractivity contribution < 1.29 is 9.47 Å². The van der Waals surface area contributed by atoms with Crippen LogP contribution in [0.5, 0.6) is 5.75 Å². The van der Waals surface area contributed by atoms with Crippen LogP contribution in [-0.2, 0) is 24.3 Å². The number of hydrogen-bond acceptors (Lipinski definition) is 4. The minimum absolute atomic E-state index is 0.461. The predicted molar refractivity (Wildman–Crippen MR) is 136 cm³/mol. The molecule has 0 N–H and O–H groups in total. The molecule has 4 nitrogen and oxygen atoms in total. The van der Waals surface area contributed by atoms with E-state index in [0.717, 1.165) is 55.7 Å². The van der Waals surface area contributed by atoms with E-state index in [0.29, 0.717) is 24.5 Å². The van der Waals surface area contributed by atoms with Crippen LogP contribution in [0, 0.1) is 11.8 Å². The Labute approximate surface area is 201 Å². The lowest BCUT2D eigenvalue weighted by Crippen LogP contribution is -2.38. The van der Waals surface area contributed by atoms with Gasteiger partial charge >= 0.3 is 0 Å². The maximum absolute atomic E-state index is 6.25. The van der Waals surface area contributed by atoms with E-state index >= 15 is 0 Å². The molecule has 1 fully saturated rings. The second-order valence-corrected chi connectivity index (χ2v) is 9.81. The summed E-state index contributed by atoms with van der Waals surface area (Å²) >= 11 is 0. The van der Waals surface area contributed by atoms with Gasteiger partial charge in [0, 0.05) is 43.4 Å². The predicted octanol–water partition coefficient (Wildman–Crippen LogP) is 5.71. The molecule has 3 aliphatic rings. The number of ether oxygens (including phenoxy) is 2. The number of benzene rings is 2. The highest BCUT2D eigenvalue weighted by atomic mass is 16.5. The molecule has 2 aromatic carbocycles. The Morgan fingerprint density at radius 1 is 1.00 bits per heavy atom. The molecule has 0 spiro atoms. The molecule has 1 aromatic heterocycles. The lowest BCUT2D eigenvalue weighted by atomic mass is 9.82. The fraction of sp³-hybridized carbons (Fsp3) is 0.367. The number of pyridine rings is 1. The quantitative estimate of drug-likeness (QED) is 0.460. The normalized spacial score (nSPS) is 24.1. The van der Waals surface area contributed by atoms with Gasteiger partial charge in [-0.2, -0.15) is 0 Å². The van der Waals surface area contributed by atoms with Crippen LogP contribution < -0.4 is 4.74 Å². The van der Waals surface area contributed by atoms with Crippen LogP contribution in [-0.4, -0.2) is 35.7 Å². The third kappa shape index (κ3) is 4.66. The minimum Gasteiger partial charge on any atom is -0.489 e. The fourth-order valence-corrected chi connectivity index (χ4v) is 5.50. The first kappa shape index (κ1) is 21.6. The van der Waals surface area contributed by atoms with Crippen molar-refractivity contribution in [3.8, 4) is 5.75 Å². The van der Waals surface area contributed by atoms with Gasteiger partial charge in [-0.1, -0.05) is 48.6 Å². The summed E-state index contributed by atoms with van der Waals surface area (Å²) in [4.78, 5) is 7.08. The molecule has 3 aromatic rings. The molecule has 2 aliphatic heterocycles. The second-order valence-electron chi connectivity index (χ2n) is 9.81. The van der Waals surface area contributed by atoms with Gasteiger partial charge in [0.1, 0.15) is 12.4 Å². The first-order valence-electron chi connectivity index (χ1n) is 12.6. The van der Waals surface area contributed by atoms with E-state index in [9.17, 15) is 0 Å². The molecule has 174 valence electrons. The zero-order chi connectivity index (χ0) is 22.7. The van der Waals surface area contributed by atoms with Crippen molar-refractivity contribution in [2.24, 2.45) is 11.8 Å². The highest BCUT2D eigenvalue weighted by Crippen LogP contribution is 2.32. The maximum Gasteiger partial charge on any atom is 0.120 e. The van der Waals surface area contributed by atoms with Crippen LogP contribution in [0.1, 0.15) is 29.5 Å². The Morgan fingerprint density at radius 3 is 2.76 bits per heavy atom. The molecule has 34 heavy (non-hydrogen) atoms. The first-order valence-corrected chi connectivity index (χ1v) is 12.6. The highest BCUT2D eigenvalue weighted by Gasteiger charge is 2.28. The SMILES string of the molecule is C1=CC(CN2CCc3ccc(OCc4ccnc5ccccc45)cc3C2)[C@@H](CC2CCO2)C=C1. The van der Waals surface area contributed by atoms with Gasteiger partial charge in [-0.15, -0.1) is 0 Å². The summed E-state index contributed by atoms with van der Waals surface area (Å²) in [6.45, 7) is 4.70. The largest absolute Gasteiger partial charge is 0.489 e. The van der Waals surface area contributed by atoms with Crippen LogP contribution in [0.25, 0.3) is 10.9 Å². The van der Waals surface area contributed by atoms with Crippen LogP contribution in [0.4, 0.5) is 0 Å². The van der Waals surface area contributed by atoms with Gasteiger partial charge in [0.05, 0.1) is 11.6 Å². The van der Waals surface area contributed by atoms with Gasteiger partial charge in [0.25, 0.3) is 0 Å². The van der Waals surface area contributed by atoms with Gasteiger partial charge in [-0.3, -0.25) is 9.88 Å². The molecule has 1 aliphatic carbocycles. The van der Waals surface area contributed by atoms with Crippen LogP contribution >= 0.6 is 0 Å². The molecular weight excluding hydrogens is 420 g/mol. The van der Waals surface area contributed by atoms with Gasteiger partial charge in [0.2, 0.25) is 0 Å². The van der Waals surface area contributed by atoms with Crippen molar-refractivity contribution in [1.29, 1.82) is 0 Å². The molecule has 6 rings (SSSR count). The van der Waals surface area contributed by atoms with E-state index in [-0.39, 0.29) is 0 Å². The number of aromatic nitrogens is 1. The molecule has 1 saturated heterocycles. The van der Waals surface area contributed by atoms with Gasteiger partial charge in [-0.05, 0) is 66.5 Å². The summed E-state index contributed by atoms with van der Waals surface area (Å²) in [5.74, 6) is 2.10. The summed E-state index contributed by atoms with van der Waals surface area (Å²) in [6.07, 6.45) is 15.0. The van der Waals surface area contributed by atoms with Crippen molar-refractivity contribution in [2.45, 2.75) is 38.5 Å². The maximum atomic E-state index is 6.25. The molecule has 0 radical (unpaired) electrons. The molecule has 0 bridgehead atoms. The van der Waals surface area contributed by atoms with Gasteiger partial charge in [0.15, 0.2) is 0 Å². The Morgan fingerprint density at radius 2 is 1.88 bits per heavy atom. The summed E-state index contributed by atoms with van der Waals surface area (Å²) in [5.41, 5.74) is 5.04. The molecule has 3 heterocycles. The third-order valence-electron chi connectivity index (χ3n) is 7.58. The van der Waals surface area contributed by atoms with Crippen molar-refractivity contribution in [3.05, 3.63) is 95.7 Å². The van der Waals surface area contributed by atoms with Crippen molar-refractivity contribution >= 4 is 10.9 Å². The number of rotatable bonds is 7. The summed E-state index contributed by atoms with van der Waals surface area (Å²) in [5, 5.41) is 1.16. The lowest BCUT2D eigenvalue weighted by Gasteiger charge is -2.36. The lowest BCUT2D eigenvalue weighted by molar-refractivity contribution is -0.0628. The van der Waals surface area contributed by atoms with E-state index in [1.54, 1.807) is 0 Å². The molecule has 0 saturated carbocycles. The fourth-order valence-electron chi connectivity index (χ4n) is 5.50. The monoisotopic (exact) mass is 452 g/mol. The Bertz CT molecular complexity index is 1210. The summed E-state index contributed by atoms with van der Waals surface area (Å²) < 4.78 is 12.0. The second kappa shape index (κ2) is 9.73. The number of fused-ring (bicyclic) bond motifs is 2. The van der Waals surface area contributed by atoms with Crippen molar-refractivity contribution in [2.75, 3.05) is 19.7 Å². The first-order chi connectivity index (χ1) is 16.8. The number of allylic oxidation sites excluding steroid dienone is 3. The number of hydrogen-bond donors (Lipinski definition) is 0. The van der Waals surface area contributed by atoms with E-state index < -0.39 is 0 Å². The smallest absolute Gasteiger partial charge is 0.120 e. The van der Waals surface area contributed by atoms with Crippen molar-refractivity contribution in [3.63, 3.8) is 0 Å².